The van der Waals surface area contributed by atoms with Crippen LogP contribution in [0.5, 0.6) is 0 Å². The van der Waals surface area contributed by atoms with E-state index in [-0.39, 0.29) is 11.7 Å². The van der Waals surface area contributed by atoms with Gasteiger partial charge < -0.3 is 5.32 Å². The van der Waals surface area contributed by atoms with Crippen molar-refractivity contribution in [2.75, 3.05) is 0 Å². The van der Waals surface area contributed by atoms with Crippen molar-refractivity contribution in [1.82, 2.24) is 15.5 Å². The molecule has 0 fully saturated rings. The first-order valence-electron chi connectivity index (χ1n) is 6.33. The summed E-state index contributed by atoms with van der Waals surface area (Å²) in [7, 11) is 0. The van der Waals surface area contributed by atoms with Gasteiger partial charge in [-0.3, -0.25) is 9.89 Å². The van der Waals surface area contributed by atoms with Crippen LogP contribution in [0.3, 0.4) is 0 Å². The van der Waals surface area contributed by atoms with Crippen LogP contribution in [0.25, 0.3) is 0 Å². The number of carbonyl (C=O) groups excluding carboxylic acids is 1. The average molecular weight is 259 g/mol. The zero-order chi connectivity index (χ0) is 13.2. The predicted octanol–water partition coefficient (Wildman–Crippen LogP) is 1.97. The lowest BCUT2D eigenvalue weighted by atomic mass is 10.2. The number of carbonyl (C=O) groups is 1. The molecular formula is C14H14FN3O. The number of aromatic nitrogens is 2. The van der Waals surface area contributed by atoms with Crippen molar-refractivity contribution in [2.24, 2.45) is 0 Å². The fourth-order valence-corrected chi connectivity index (χ4v) is 2.38. The molecule has 1 aliphatic carbocycles. The van der Waals surface area contributed by atoms with Crippen molar-refractivity contribution in [3.8, 4) is 0 Å². The monoisotopic (exact) mass is 259 g/mol. The molecule has 0 aliphatic heterocycles. The Hall–Kier alpha value is -2.17. The van der Waals surface area contributed by atoms with Gasteiger partial charge in [0.05, 0.1) is 0 Å². The Kier molecular flexibility index (Phi) is 3.03. The molecule has 19 heavy (non-hydrogen) atoms. The van der Waals surface area contributed by atoms with E-state index in [9.17, 15) is 9.18 Å². The van der Waals surface area contributed by atoms with Crippen LogP contribution < -0.4 is 5.32 Å². The maximum atomic E-state index is 12.8. The molecule has 0 atom stereocenters. The fraction of sp³-hybridized carbons (Fsp3) is 0.286. The minimum absolute atomic E-state index is 0.177. The summed E-state index contributed by atoms with van der Waals surface area (Å²) in [5.41, 5.74) is 3.47. The lowest BCUT2D eigenvalue weighted by Crippen LogP contribution is -2.24. The van der Waals surface area contributed by atoms with Crippen molar-refractivity contribution >= 4 is 5.91 Å². The molecule has 3 rings (SSSR count). The van der Waals surface area contributed by atoms with Crippen LogP contribution in [-0.4, -0.2) is 16.1 Å². The molecule has 1 aliphatic rings. The maximum Gasteiger partial charge on any atom is 0.272 e. The van der Waals surface area contributed by atoms with Crippen molar-refractivity contribution in [1.29, 1.82) is 0 Å². The number of nitrogens with zero attached hydrogens (tertiary/aromatic N) is 1. The summed E-state index contributed by atoms with van der Waals surface area (Å²) in [4.78, 5) is 12.0. The third-order valence-corrected chi connectivity index (χ3v) is 3.39. The largest absolute Gasteiger partial charge is 0.347 e. The lowest BCUT2D eigenvalue weighted by Gasteiger charge is -2.04. The molecule has 1 amide bonds. The number of benzene rings is 1. The number of aryl methyl sites for hydroxylation is 1. The van der Waals surface area contributed by atoms with E-state index < -0.39 is 0 Å². The minimum Gasteiger partial charge on any atom is -0.347 e. The third kappa shape index (κ3) is 2.36. The zero-order valence-corrected chi connectivity index (χ0v) is 10.4. The number of hydrogen-bond acceptors (Lipinski definition) is 2. The molecule has 0 saturated heterocycles. The van der Waals surface area contributed by atoms with Crippen molar-refractivity contribution in [3.05, 3.63) is 52.6 Å². The number of fused-ring (bicyclic) bond motifs is 1. The second kappa shape index (κ2) is 4.84. The molecule has 5 heteroatoms. The molecule has 98 valence electrons. The van der Waals surface area contributed by atoms with Gasteiger partial charge in [-0.15, -0.1) is 0 Å². The summed E-state index contributed by atoms with van der Waals surface area (Å²) in [5, 5.41) is 9.79. The van der Waals surface area contributed by atoms with Gasteiger partial charge in [-0.25, -0.2) is 4.39 Å². The van der Waals surface area contributed by atoms with Crippen LogP contribution in [0.1, 0.15) is 33.7 Å². The van der Waals surface area contributed by atoms with Gasteiger partial charge in [-0.05, 0) is 37.0 Å². The Morgan fingerprint density at radius 2 is 2.11 bits per heavy atom. The highest BCUT2D eigenvalue weighted by Crippen LogP contribution is 2.22. The molecule has 4 nitrogen and oxygen atoms in total. The van der Waals surface area contributed by atoms with Crippen LogP contribution in [0.2, 0.25) is 0 Å². The molecule has 0 unspecified atom stereocenters. The smallest absolute Gasteiger partial charge is 0.272 e. The van der Waals surface area contributed by atoms with Crippen LogP contribution in [0.15, 0.2) is 24.3 Å². The van der Waals surface area contributed by atoms with E-state index in [0.29, 0.717) is 12.2 Å². The van der Waals surface area contributed by atoms with Gasteiger partial charge >= 0.3 is 0 Å². The number of aromatic amines is 1. The van der Waals surface area contributed by atoms with E-state index in [0.717, 1.165) is 36.1 Å². The number of halogens is 1. The highest BCUT2D eigenvalue weighted by molar-refractivity contribution is 5.94. The average Bonchev–Trinajstić information content (AvgIpc) is 3.00. The molecule has 0 saturated carbocycles. The summed E-state index contributed by atoms with van der Waals surface area (Å²) < 4.78 is 12.8. The normalized spacial score (nSPS) is 13.3. The van der Waals surface area contributed by atoms with E-state index in [1.54, 1.807) is 12.1 Å². The summed E-state index contributed by atoms with van der Waals surface area (Å²) in [5.74, 6) is -0.455. The molecule has 0 radical (unpaired) electrons. The topological polar surface area (TPSA) is 57.8 Å². The summed E-state index contributed by atoms with van der Waals surface area (Å²) in [6, 6.07) is 6.08. The summed E-state index contributed by atoms with van der Waals surface area (Å²) in [6.07, 6.45) is 2.95. The molecule has 0 bridgehead atoms. The SMILES string of the molecule is O=C(NCc1ccc(F)cc1)c1n[nH]c2c1CCC2. The minimum atomic E-state index is -0.278. The Morgan fingerprint density at radius 1 is 1.32 bits per heavy atom. The number of nitrogens with one attached hydrogen (secondary N) is 2. The fourth-order valence-electron chi connectivity index (χ4n) is 2.38. The molecule has 1 aromatic heterocycles. The number of hydrogen-bond donors (Lipinski definition) is 2. The standard InChI is InChI=1S/C14H14FN3O/c15-10-6-4-9(5-7-10)8-16-14(19)13-11-2-1-3-12(11)17-18-13/h4-7H,1-3,8H2,(H,16,19)(H,17,18). The van der Waals surface area contributed by atoms with E-state index in [1.807, 2.05) is 0 Å². The molecule has 2 aromatic rings. The summed E-state index contributed by atoms with van der Waals surface area (Å²) in [6.45, 7) is 0.376. The first-order chi connectivity index (χ1) is 9.24. The van der Waals surface area contributed by atoms with Crippen molar-refractivity contribution < 1.29 is 9.18 Å². The number of amides is 1. The van der Waals surface area contributed by atoms with E-state index in [4.69, 9.17) is 0 Å². The highest BCUT2D eigenvalue weighted by Gasteiger charge is 2.22. The van der Waals surface area contributed by atoms with Crippen LogP contribution in [0.4, 0.5) is 4.39 Å². The second-order valence-corrected chi connectivity index (χ2v) is 4.69. The third-order valence-electron chi connectivity index (χ3n) is 3.39. The molecular weight excluding hydrogens is 245 g/mol. The first-order valence-corrected chi connectivity index (χ1v) is 6.33. The van der Waals surface area contributed by atoms with Crippen molar-refractivity contribution in [3.63, 3.8) is 0 Å². The highest BCUT2D eigenvalue weighted by atomic mass is 19.1. The molecule has 2 N–H and O–H groups in total. The van der Waals surface area contributed by atoms with Crippen LogP contribution in [0, 0.1) is 5.82 Å². The molecule has 0 spiro atoms. The zero-order valence-electron chi connectivity index (χ0n) is 10.4. The molecule has 1 aromatic carbocycles. The van der Waals surface area contributed by atoms with Crippen LogP contribution >= 0.6 is 0 Å². The van der Waals surface area contributed by atoms with Crippen LogP contribution in [-0.2, 0) is 19.4 Å². The van der Waals surface area contributed by atoms with Gasteiger partial charge in [0, 0.05) is 17.8 Å². The quantitative estimate of drug-likeness (QED) is 0.885. The Balaban J connectivity index is 1.66. The lowest BCUT2D eigenvalue weighted by molar-refractivity contribution is 0.0945. The van der Waals surface area contributed by atoms with Gasteiger partial charge in [0.15, 0.2) is 5.69 Å². The van der Waals surface area contributed by atoms with Gasteiger partial charge in [0.1, 0.15) is 5.82 Å². The van der Waals surface area contributed by atoms with Gasteiger partial charge in [-0.2, -0.15) is 5.10 Å². The number of rotatable bonds is 3. The van der Waals surface area contributed by atoms with E-state index in [1.165, 1.54) is 12.1 Å². The Bertz CT molecular complexity index is 604. The Labute approximate surface area is 110 Å². The van der Waals surface area contributed by atoms with Gasteiger partial charge in [0.2, 0.25) is 0 Å². The first kappa shape index (κ1) is 11.9. The summed E-state index contributed by atoms with van der Waals surface area (Å²) >= 11 is 0. The maximum absolute atomic E-state index is 12.8. The van der Waals surface area contributed by atoms with Gasteiger partial charge in [0.25, 0.3) is 5.91 Å². The van der Waals surface area contributed by atoms with E-state index >= 15 is 0 Å². The number of H-pyrrole nitrogens is 1. The predicted molar refractivity (Wildman–Crippen MR) is 68.2 cm³/mol. The van der Waals surface area contributed by atoms with Crippen molar-refractivity contribution in [2.45, 2.75) is 25.8 Å². The second-order valence-electron chi connectivity index (χ2n) is 4.69. The van der Waals surface area contributed by atoms with Gasteiger partial charge in [-0.1, -0.05) is 12.1 Å². The molecule has 1 heterocycles. The van der Waals surface area contributed by atoms with E-state index in [2.05, 4.69) is 15.5 Å². The Morgan fingerprint density at radius 3 is 2.89 bits per heavy atom.